The fraction of sp³-hybridized carbons (Fsp3) is 0.455. The van der Waals surface area contributed by atoms with Crippen molar-refractivity contribution in [3.8, 4) is 0 Å². The first-order valence-corrected chi connectivity index (χ1v) is 4.86. The van der Waals surface area contributed by atoms with E-state index in [2.05, 4.69) is 0 Å². The lowest BCUT2D eigenvalue weighted by Gasteiger charge is -2.16. The fourth-order valence-electron chi connectivity index (χ4n) is 2.22. The largest absolute Gasteiger partial charge is 0.416 e. The minimum absolute atomic E-state index is 0.308. The second kappa shape index (κ2) is 3.23. The molecule has 0 fully saturated rings. The summed E-state index contributed by atoms with van der Waals surface area (Å²) in [6.45, 7) is 1.83. The second-order valence-corrected chi connectivity index (χ2v) is 3.97. The lowest BCUT2D eigenvalue weighted by atomic mass is 9.97. The van der Waals surface area contributed by atoms with Crippen LogP contribution in [0.5, 0.6) is 0 Å². The average Bonchev–Trinajstić information content (AvgIpc) is 2.48. The number of aryl methyl sites for hydroxylation is 1. The van der Waals surface area contributed by atoms with Crippen LogP contribution in [0.1, 0.15) is 34.7 Å². The Morgan fingerprint density at radius 1 is 1.33 bits per heavy atom. The predicted molar refractivity (Wildman–Crippen MR) is 51.4 cm³/mol. The van der Waals surface area contributed by atoms with E-state index in [0.29, 0.717) is 18.4 Å². The van der Waals surface area contributed by atoms with Crippen LogP contribution in [0.3, 0.4) is 0 Å². The first-order chi connectivity index (χ1) is 6.91. The molecule has 15 heavy (non-hydrogen) atoms. The molecule has 0 amide bonds. The molecule has 1 aliphatic carbocycles. The molecule has 0 radical (unpaired) electrons. The lowest BCUT2D eigenvalue weighted by molar-refractivity contribution is -0.138. The maximum atomic E-state index is 12.7. The summed E-state index contributed by atoms with van der Waals surface area (Å²) in [6, 6.07) is 2.20. The van der Waals surface area contributed by atoms with Gasteiger partial charge in [-0.15, -0.1) is 0 Å². The zero-order valence-electron chi connectivity index (χ0n) is 8.36. The molecule has 2 rings (SSSR count). The Morgan fingerprint density at radius 2 is 2.00 bits per heavy atom. The predicted octanol–water partition coefficient (Wildman–Crippen LogP) is 2.96. The van der Waals surface area contributed by atoms with Crippen LogP contribution in [0, 0.1) is 6.92 Å². The van der Waals surface area contributed by atoms with E-state index in [1.54, 1.807) is 0 Å². The van der Waals surface area contributed by atoms with Gasteiger partial charge in [-0.3, -0.25) is 0 Å². The highest BCUT2D eigenvalue weighted by Crippen LogP contribution is 2.41. The van der Waals surface area contributed by atoms with Gasteiger partial charge in [0.15, 0.2) is 0 Å². The van der Waals surface area contributed by atoms with Crippen molar-refractivity contribution in [3.63, 3.8) is 0 Å². The van der Waals surface area contributed by atoms with Crippen LogP contribution in [-0.2, 0) is 12.6 Å². The molecular formula is C11H12F3N. The molecule has 1 aliphatic rings. The Labute approximate surface area is 86.1 Å². The van der Waals surface area contributed by atoms with E-state index in [1.165, 1.54) is 6.07 Å². The molecule has 1 atom stereocenters. The summed E-state index contributed by atoms with van der Waals surface area (Å²) in [7, 11) is 0. The van der Waals surface area contributed by atoms with Gasteiger partial charge < -0.3 is 5.73 Å². The molecule has 1 aromatic rings. The van der Waals surface area contributed by atoms with Crippen molar-refractivity contribution in [2.45, 2.75) is 32.0 Å². The number of nitrogens with two attached hydrogens (primary N) is 1. The van der Waals surface area contributed by atoms with Crippen LogP contribution in [-0.4, -0.2) is 0 Å². The van der Waals surface area contributed by atoms with Gasteiger partial charge in [-0.1, -0.05) is 6.07 Å². The van der Waals surface area contributed by atoms with Crippen LogP contribution in [0.4, 0.5) is 13.2 Å². The van der Waals surface area contributed by atoms with Crippen molar-refractivity contribution in [1.82, 2.24) is 0 Å². The molecule has 1 nitrogen and oxygen atoms in total. The van der Waals surface area contributed by atoms with Gasteiger partial charge in [0.05, 0.1) is 5.56 Å². The van der Waals surface area contributed by atoms with Crippen LogP contribution in [0.2, 0.25) is 0 Å². The summed E-state index contributed by atoms with van der Waals surface area (Å²) in [4.78, 5) is 0. The number of rotatable bonds is 0. The third-order valence-electron chi connectivity index (χ3n) is 2.97. The van der Waals surface area contributed by atoms with Crippen molar-refractivity contribution in [1.29, 1.82) is 0 Å². The Bertz CT molecular complexity index is 396. The highest BCUT2D eigenvalue weighted by atomic mass is 19.4. The van der Waals surface area contributed by atoms with Gasteiger partial charge in [0, 0.05) is 6.04 Å². The highest BCUT2D eigenvalue weighted by molar-refractivity contribution is 5.46. The molecule has 82 valence electrons. The first-order valence-electron chi connectivity index (χ1n) is 4.86. The van der Waals surface area contributed by atoms with Crippen molar-refractivity contribution in [2.75, 3.05) is 0 Å². The maximum Gasteiger partial charge on any atom is 0.416 e. The van der Waals surface area contributed by atoms with Crippen molar-refractivity contribution >= 4 is 0 Å². The summed E-state index contributed by atoms with van der Waals surface area (Å²) in [5.74, 6) is 0. The van der Waals surface area contributed by atoms with E-state index < -0.39 is 17.8 Å². The third kappa shape index (κ3) is 1.63. The zero-order chi connectivity index (χ0) is 11.2. The Hall–Kier alpha value is -1.03. The zero-order valence-corrected chi connectivity index (χ0v) is 8.36. The SMILES string of the molecule is Cc1ccc(C(F)(F)F)c2c1CC[C@H]2N. The van der Waals surface area contributed by atoms with Gasteiger partial charge in [-0.2, -0.15) is 13.2 Å². The maximum absolute atomic E-state index is 12.7. The molecule has 0 spiro atoms. The quantitative estimate of drug-likeness (QED) is 0.707. The number of benzene rings is 1. The summed E-state index contributed by atoms with van der Waals surface area (Å²) in [5, 5.41) is 0. The Balaban J connectivity index is 2.64. The van der Waals surface area contributed by atoms with E-state index in [0.717, 1.165) is 17.2 Å². The molecular weight excluding hydrogens is 203 g/mol. The minimum atomic E-state index is -4.29. The molecule has 1 aromatic carbocycles. The van der Waals surface area contributed by atoms with Gasteiger partial charge in [-0.25, -0.2) is 0 Å². The molecule has 0 bridgehead atoms. The molecule has 4 heteroatoms. The van der Waals surface area contributed by atoms with Crippen LogP contribution in [0.25, 0.3) is 0 Å². The number of alkyl halides is 3. The standard InChI is InChI=1S/C11H12F3N/c1-6-2-4-8(11(12,13)14)10-7(6)3-5-9(10)15/h2,4,9H,3,5,15H2,1H3/t9-/m1/s1. The van der Waals surface area contributed by atoms with Gasteiger partial charge in [0.2, 0.25) is 0 Å². The van der Waals surface area contributed by atoms with Gasteiger partial charge in [0.1, 0.15) is 0 Å². The molecule has 0 aliphatic heterocycles. The van der Waals surface area contributed by atoms with Gasteiger partial charge in [-0.05, 0) is 42.5 Å². The van der Waals surface area contributed by atoms with E-state index in [4.69, 9.17) is 5.73 Å². The molecule has 0 heterocycles. The van der Waals surface area contributed by atoms with Crippen LogP contribution >= 0.6 is 0 Å². The third-order valence-corrected chi connectivity index (χ3v) is 2.97. The number of fused-ring (bicyclic) bond motifs is 1. The van der Waals surface area contributed by atoms with Crippen molar-refractivity contribution in [2.24, 2.45) is 5.73 Å². The summed E-state index contributed by atoms with van der Waals surface area (Å²) >= 11 is 0. The smallest absolute Gasteiger partial charge is 0.324 e. The average molecular weight is 215 g/mol. The van der Waals surface area contributed by atoms with Crippen LogP contribution in [0.15, 0.2) is 12.1 Å². The number of hydrogen-bond donors (Lipinski definition) is 1. The minimum Gasteiger partial charge on any atom is -0.324 e. The molecule has 0 saturated heterocycles. The highest BCUT2D eigenvalue weighted by Gasteiger charge is 2.37. The normalized spacial score (nSPS) is 20.5. The lowest BCUT2D eigenvalue weighted by Crippen LogP contribution is -2.15. The van der Waals surface area contributed by atoms with E-state index >= 15 is 0 Å². The van der Waals surface area contributed by atoms with E-state index in [9.17, 15) is 13.2 Å². The molecule has 0 saturated carbocycles. The summed E-state index contributed by atoms with van der Waals surface area (Å²) in [5.41, 5.74) is 7.16. The van der Waals surface area contributed by atoms with Crippen molar-refractivity contribution < 1.29 is 13.2 Å². The van der Waals surface area contributed by atoms with Gasteiger partial charge in [0.25, 0.3) is 0 Å². The number of hydrogen-bond acceptors (Lipinski definition) is 1. The monoisotopic (exact) mass is 215 g/mol. The number of halogens is 3. The van der Waals surface area contributed by atoms with Gasteiger partial charge >= 0.3 is 6.18 Å². The molecule has 0 aromatic heterocycles. The second-order valence-electron chi connectivity index (χ2n) is 3.97. The van der Waals surface area contributed by atoms with Crippen LogP contribution < -0.4 is 5.73 Å². The summed E-state index contributed by atoms with van der Waals surface area (Å²) < 4.78 is 38.1. The summed E-state index contributed by atoms with van der Waals surface area (Å²) in [6.07, 6.45) is -3.02. The van der Waals surface area contributed by atoms with Crippen molar-refractivity contribution in [3.05, 3.63) is 34.4 Å². The molecule has 2 N–H and O–H groups in total. The van der Waals surface area contributed by atoms with E-state index in [-0.39, 0.29) is 0 Å². The topological polar surface area (TPSA) is 26.0 Å². The Morgan fingerprint density at radius 3 is 2.60 bits per heavy atom. The fourth-order valence-corrected chi connectivity index (χ4v) is 2.22. The molecule has 0 unspecified atom stereocenters. The Kier molecular flexibility index (Phi) is 2.26. The first kappa shape index (κ1) is 10.5. The van der Waals surface area contributed by atoms with E-state index in [1.807, 2.05) is 6.92 Å².